The molecule has 1 aromatic rings. The van der Waals surface area contributed by atoms with Crippen molar-refractivity contribution in [3.63, 3.8) is 0 Å². The third-order valence-corrected chi connectivity index (χ3v) is 2.80. The highest BCUT2D eigenvalue weighted by Gasteiger charge is 2.05. The summed E-state index contributed by atoms with van der Waals surface area (Å²) in [6.07, 6.45) is 3.08. The van der Waals surface area contributed by atoms with E-state index in [1.54, 1.807) is 0 Å². The molecule has 1 atom stereocenters. The average Bonchev–Trinajstić information content (AvgIpc) is 2.38. The van der Waals surface area contributed by atoms with E-state index in [4.69, 9.17) is 9.84 Å². The number of aliphatic hydroxyl groups excluding tert-OH is 1. The molecule has 0 heterocycles. The molecule has 0 saturated heterocycles. The Kier molecular flexibility index (Phi) is 6.67. The summed E-state index contributed by atoms with van der Waals surface area (Å²) < 4.78 is 5.59. The van der Waals surface area contributed by atoms with Crippen molar-refractivity contribution in [1.29, 1.82) is 0 Å². The quantitative estimate of drug-likeness (QED) is 0.679. The highest BCUT2D eigenvalue weighted by Crippen LogP contribution is 2.13. The van der Waals surface area contributed by atoms with Gasteiger partial charge >= 0.3 is 0 Å². The lowest BCUT2D eigenvalue weighted by atomic mass is 10.1. The molecule has 3 heteroatoms. The van der Waals surface area contributed by atoms with Crippen LogP contribution in [-0.4, -0.2) is 31.4 Å². The predicted molar refractivity (Wildman–Crippen MR) is 70.5 cm³/mol. The molecule has 2 N–H and O–H groups in total. The van der Waals surface area contributed by atoms with Crippen molar-refractivity contribution in [1.82, 2.24) is 5.32 Å². The lowest BCUT2D eigenvalue weighted by molar-refractivity contribution is 0.248. The summed E-state index contributed by atoms with van der Waals surface area (Å²) in [5.74, 6) is 0.923. The third-order valence-electron chi connectivity index (χ3n) is 2.80. The van der Waals surface area contributed by atoms with Crippen LogP contribution in [0.2, 0.25) is 0 Å². The third kappa shape index (κ3) is 5.20. The van der Waals surface area contributed by atoms with Gasteiger partial charge in [0.15, 0.2) is 0 Å². The molecule has 0 aliphatic heterocycles. The number of hydrogen-bond acceptors (Lipinski definition) is 3. The first-order valence-electron chi connectivity index (χ1n) is 6.30. The fraction of sp³-hybridized carbons (Fsp3) is 0.571. The maximum atomic E-state index is 9.10. The van der Waals surface area contributed by atoms with Gasteiger partial charge < -0.3 is 15.2 Å². The Balaban J connectivity index is 2.44. The largest absolute Gasteiger partial charge is 0.494 e. The van der Waals surface area contributed by atoms with Crippen LogP contribution in [0.1, 0.15) is 25.3 Å². The van der Waals surface area contributed by atoms with Crippen LogP contribution < -0.4 is 10.1 Å². The van der Waals surface area contributed by atoms with Crippen LogP contribution in [0.4, 0.5) is 0 Å². The number of ether oxygens (including phenoxy) is 1. The monoisotopic (exact) mass is 237 g/mol. The standard InChI is InChI=1S/C14H23NO2/c1-3-4-9-17-14-7-5-12(6-8-14)10-13(11-16)15-2/h5-8,13,15-16H,3-4,9-11H2,1-2H3/t13-/m0/s1. The number of aliphatic hydroxyl groups is 1. The van der Waals surface area contributed by atoms with Crippen LogP contribution in [0.5, 0.6) is 5.75 Å². The maximum absolute atomic E-state index is 9.10. The van der Waals surface area contributed by atoms with Gasteiger partial charge in [-0.15, -0.1) is 0 Å². The molecule has 17 heavy (non-hydrogen) atoms. The molecule has 0 radical (unpaired) electrons. The first-order chi connectivity index (χ1) is 8.30. The van der Waals surface area contributed by atoms with E-state index in [-0.39, 0.29) is 12.6 Å². The number of likely N-dealkylation sites (N-methyl/N-ethyl adjacent to an activating group) is 1. The van der Waals surface area contributed by atoms with Crippen molar-refractivity contribution < 1.29 is 9.84 Å². The van der Waals surface area contributed by atoms with Crippen LogP contribution in [-0.2, 0) is 6.42 Å². The minimum atomic E-state index is 0.127. The molecule has 0 aliphatic carbocycles. The first-order valence-corrected chi connectivity index (χ1v) is 6.30. The Morgan fingerprint density at radius 1 is 1.29 bits per heavy atom. The second-order valence-electron chi connectivity index (χ2n) is 4.22. The first kappa shape index (κ1) is 14.0. The van der Waals surface area contributed by atoms with Gasteiger partial charge in [-0.25, -0.2) is 0 Å². The molecule has 0 spiro atoms. The van der Waals surface area contributed by atoms with E-state index in [1.807, 2.05) is 19.2 Å². The van der Waals surface area contributed by atoms with Crippen molar-refractivity contribution in [3.8, 4) is 5.75 Å². The topological polar surface area (TPSA) is 41.5 Å². The summed E-state index contributed by atoms with van der Waals surface area (Å²) in [6.45, 7) is 3.09. The Morgan fingerprint density at radius 3 is 2.53 bits per heavy atom. The van der Waals surface area contributed by atoms with E-state index in [0.29, 0.717) is 0 Å². The SMILES string of the molecule is CCCCOc1ccc(C[C@@H](CO)NC)cc1. The minimum Gasteiger partial charge on any atom is -0.494 e. The summed E-state index contributed by atoms with van der Waals surface area (Å²) in [7, 11) is 1.86. The summed E-state index contributed by atoms with van der Waals surface area (Å²) in [5.41, 5.74) is 1.21. The number of rotatable bonds is 8. The van der Waals surface area contributed by atoms with Gasteiger partial charge in [0.2, 0.25) is 0 Å². The molecule has 0 bridgehead atoms. The molecule has 1 rings (SSSR count). The molecule has 3 nitrogen and oxygen atoms in total. The summed E-state index contributed by atoms with van der Waals surface area (Å²) in [6, 6.07) is 8.23. The smallest absolute Gasteiger partial charge is 0.119 e. The molecule has 0 amide bonds. The lowest BCUT2D eigenvalue weighted by Gasteiger charge is -2.13. The summed E-state index contributed by atoms with van der Waals surface area (Å²) >= 11 is 0. The van der Waals surface area contributed by atoms with Gasteiger partial charge in [0.1, 0.15) is 5.75 Å². The van der Waals surface area contributed by atoms with E-state index in [9.17, 15) is 0 Å². The molecular weight excluding hydrogens is 214 g/mol. The van der Waals surface area contributed by atoms with Gasteiger partial charge in [-0.1, -0.05) is 25.5 Å². The van der Waals surface area contributed by atoms with Crippen molar-refractivity contribution in [2.24, 2.45) is 0 Å². The molecular formula is C14H23NO2. The van der Waals surface area contributed by atoms with Crippen LogP contribution >= 0.6 is 0 Å². The Bertz CT molecular complexity index is 294. The van der Waals surface area contributed by atoms with Crippen molar-refractivity contribution in [3.05, 3.63) is 29.8 Å². The summed E-state index contributed by atoms with van der Waals surface area (Å²) in [4.78, 5) is 0. The van der Waals surface area contributed by atoms with Crippen LogP contribution in [0.25, 0.3) is 0 Å². The molecule has 0 unspecified atom stereocenters. The maximum Gasteiger partial charge on any atom is 0.119 e. The molecule has 0 aromatic heterocycles. The van der Waals surface area contributed by atoms with Crippen molar-refractivity contribution in [2.75, 3.05) is 20.3 Å². The van der Waals surface area contributed by atoms with Crippen LogP contribution in [0, 0.1) is 0 Å². The second kappa shape index (κ2) is 8.09. The average molecular weight is 237 g/mol. The van der Waals surface area contributed by atoms with Gasteiger partial charge in [-0.3, -0.25) is 0 Å². The number of unbranched alkanes of at least 4 members (excludes halogenated alkanes) is 1. The predicted octanol–water partition coefficient (Wildman–Crippen LogP) is 1.99. The zero-order valence-electron chi connectivity index (χ0n) is 10.8. The Hall–Kier alpha value is -1.06. The zero-order chi connectivity index (χ0) is 12.5. The van der Waals surface area contributed by atoms with E-state index in [1.165, 1.54) is 5.56 Å². The Labute approximate surface area is 104 Å². The number of nitrogens with one attached hydrogen (secondary N) is 1. The molecule has 0 saturated carbocycles. The molecule has 0 aliphatic rings. The normalized spacial score (nSPS) is 12.4. The molecule has 1 aromatic carbocycles. The number of hydrogen-bond donors (Lipinski definition) is 2. The summed E-state index contributed by atoms with van der Waals surface area (Å²) in [5, 5.41) is 12.2. The van der Waals surface area contributed by atoms with Crippen molar-refractivity contribution >= 4 is 0 Å². The van der Waals surface area contributed by atoms with Crippen LogP contribution in [0.15, 0.2) is 24.3 Å². The molecule has 96 valence electrons. The van der Waals surface area contributed by atoms with Crippen LogP contribution in [0.3, 0.4) is 0 Å². The zero-order valence-corrected chi connectivity index (χ0v) is 10.8. The van der Waals surface area contributed by atoms with Gasteiger partial charge in [0.05, 0.1) is 13.2 Å². The minimum absolute atomic E-state index is 0.127. The fourth-order valence-corrected chi connectivity index (χ4v) is 1.60. The van der Waals surface area contributed by atoms with Gasteiger partial charge in [-0.05, 0) is 37.6 Å². The number of benzene rings is 1. The van der Waals surface area contributed by atoms with E-state index in [0.717, 1.165) is 31.6 Å². The highest BCUT2D eigenvalue weighted by molar-refractivity contribution is 5.27. The van der Waals surface area contributed by atoms with Gasteiger partial charge in [0.25, 0.3) is 0 Å². The highest BCUT2D eigenvalue weighted by atomic mass is 16.5. The second-order valence-corrected chi connectivity index (χ2v) is 4.22. The van der Waals surface area contributed by atoms with Crippen molar-refractivity contribution in [2.45, 2.75) is 32.2 Å². The lowest BCUT2D eigenvalue weighted by Crippen LogP contribution is -2.31. The van der Waals surface area contributed by atoms with E-state index < -0.39 is 0 Å². The Morgan fingerprint density at radius 2 is 2.00 bits per heavy atom. The fourth-order valence-electron chi connectivity index (χ4n) is 1.60. The van der Waals surface area contributed by atoms with E-state index >= 15 is 0 Å². The van der Waals surface area contributed by atoms with Gasteiger partial charge in [-0.2, -0.15) is 0 Å². The molecule has 0 fully saturated rings. The van der Waals surface area contributed by atoms with Gasteiger partial charge in [0, 0.05) is 6.04 Å². The van der Waals surface area contributed by atoms with E-state index in [2.05, 4.69) is 24.4 Å².